The Morgan fingerprint density at radius 1 is 1.19 bits per heavy atom. The average Bonchev–Trinajstić information content (AvgIpc) is 2.49. The summed E-state index contributed by atoms with van der Waals surface area (Å²) in [5.41, 5.74) is 5.40. The molecule has 1 unspecified atom stereocenters. The normalized spacial score (nSPS) is 30.2. The number of carbonyl (C=O) groups is 1. The smallest absolute Gasteiger partial charge is 0.220 e. The third kappa shape index (κ3) is 4.96. The van der Waals surface area contributed by atoms with E-state index in [2.05, 4.69) is 24.1 Å². The summed E-state index contributed by atoms with van der Waals surface area (Å²) in [6.07, 6.45) is 8.06. The molecular weight excluding hydrogens is 262 g/mol. The van der Waals surface area contributed by atoms with Crippen molar-refractivity contribution in [3.05, 3.63) is 0 Å². The fourth-order valence-electron chi connectivity index (χ4n) is 4.05. The zero-order valence-electron chi connectivity index (χ0n) is 13.8. The van der Waals surface area contributed by atoms with Gasteiger partial charge in [-0.3, -0.25) is 4.79 Å². The number of rotatable bonds is 6. The fraction of sp³-hybridized carbons (Fsp3) is 0.941. The van der Waals surface area contributed by atoms with Gasteiger partial charge in [0.1, 0.15) is 0 Å². The Labute approximate surface area is 129 Å². The van der Waals surface area contributed by atoms with Gasteiger partial charge in [0, 0.05) is 18.0 Å². The molecule has 1 amide bonds. The highest BCUT2D eigenvalue weighted by molar-refractivity contribution is 5.76. The topological polar surface area (TPSA) is 58.4 Å². The van der Waals surface area contributed by atoms with E-state index in [1.165, 1.54) is 38.9 Å². The van der Waals surface area contributed by atoms with Gasteiger partial charge < -0.3 is 16.0 Å². The molecule has 21 heavy (non-hydrogen) atoms. The number of hydrogen-bond donors (Lipinski definition) is 2. The van der Waals surface area contributed by atoms with Gasteiger partial charge in [-0.25, -0.2) is 0 Å². The van der Waals surface area contributed by atoms with Crippen LogP contribution < -0.4 is 11.1 Å². The Morgan fingerprint density at radius 3 is 2.33 bits per heavy atom. The second-order valence-electron chi connectivity index (χ2n) is 7.09. The van der Waals surface area contributed by atoms with Crippen LogP contribution in [0.1, 0.15) is 58.8 Å². The number of hydrogen-bond acceptors (Lipinski definition) is 3. The molecule has 2 fully saturated rings. The first-order valence-electron chi connectivity index (χ1n) is 8.87. The molecule has 1 atom stereocenters. The van der Waals surface area contributed by atoms with E-state index in [4.69, 9.17) is 5.73 Å². The third-order valence-electron chi connectivity index (χ3n) is 5.51. The second-order valence-corrected chi connectivity index (χ2v) is 7.09. The lowest BCUT2D eigenvalue weighted by Crippen LogP contribution is -2.47. The number of amides is 1. The van der Waals surface area contributed by atoms with E-state index in [0.717, 1.165) is 31.6 Å². The molecule has 122 valence electrons. The summed E-state index contributed by atoms with van der Waals surface area (Å²) in [6.45, 7) is 8.39. The molecule has 1 aliphatic carbocycles. The first kappa shape index (κ1) is 16.8. The van der Waals surface area contributed by atoms with Crippen LogP contribution in [-0.4, -0.2) is 42.5 Å². The highest BCUT2D eigenvalue weighted by atomic mass is 16.1. The molecule has 0 bridgehead atoms. The molecule has 3 N–H and O–H groups in total. The predicted octanol–water partition coefficient (Wildman–Crippen LogP) is 2.13. The average molecular weight is 295 g/mol. The lowest BCUT2D eigenvalue weighted by Gasteiger charge is -2.37. The summed E-state index contributed by atoms with van der Waals surface area (Å²) in [5.74, 6) is 0.826. The van der Waals surface area contributed by atoms with Gasteiger partial charge in [0.25, 0.3) is 0 Å². The SMILES string of the molecule is CCCN1CCC(C(C)NC2CCC(C(N)=O)CC2)CC1. The molecule has 0 aromatic heterocycles. The van der Waals surface area contributed by atoms with Crippen LogP contribution in [0.2, 0.25) is 0 Å². The molecule has 2 aliphatic rings. The molecule has 4 heteroatoms. The van der Waals surface area contributed by atoms with Gasteiger partial charge in [-0.2, -0.15) is 0 Å². The van der Waals surface area contributed by atoms with Gasteiger partial charge >= 0.3 is 0 Å². The van der Waals surface area contributed by atoms with Crippen LogP contribution in [0, 0.1) is 11.8 Å². The summed E-state index contributed by atoms with van der Waals surface area (Å²) >= 11 is 0. The number of nitrogens with zero attached hydrogens (tertiary/aromatic N) is 1. The summed E-state index contributed by atoms with van der Waals surface area (Å²) in [7, 11) is 0. The first-order valence-corrected chi connectivity index (χ1v) is 8.87. The zero-order chi connectivity index (χ0) is 15.2. The Morgan fingerprint density at radius 2 is 1.81 bits per heavy atom. The predicted molar refractivity (Wildman–Crippen MR) is 87.0 cm³/mol. The Hall–Kier alpha value is -0.610. The molecule has 0 aromatic rings. The molecule has 0 spiro atoms. The molecular formula is C17H33N3O. The largest absolute Gasteiger partial charge is 0.369 e. The molecule has 0 aromatic carbocycles. The van der Waals surface area contributed by atoms with Crippen LogP contribution in [-0.2, 0) is 4.79 Å². The molecule has 1 saturated carbocycles. The maximum atomic E-state index is 11.2. The van der Waals surface area contributed by atoms with E-state index in [1.54, 1.807) is 0 Å². The molecule has 4 nitrogen and oxygen atoms in total. The Balaban J connectivity index is 1.68. The van der Waals surface area contributed by atoms with Crippen LogP contribution in [0.15, 0.2) is 0 Å². The summed E-state index contributed by atoms with van der Waals surface area (Å²) < 4.78 is 0. The van der Waals surface area contributed by atoms with Crippen LogP contribution in [0.4, 0.5) is 0 Å². The summed E-state index contributed by atoms with van der Waals surface area (Å²) in [4.78, 5) is 13.8. The lowest BCUT2D eigenvalue weighted by molar-refractivity contribution is -0.122. The highest BCUT2D eigenvalue weighted by Gasteiger charge is 2.28. The molecule has 1 heterocycles. The minimum Gasteiger partial charge on any atom is -0.369 e. The van der Waals surface area contributed by atoms with E-state index in [9.17, 15) is 4.79 Å². The number of carbonyl (C=O) groups excluding carboxylic acids is 1. The van der Waals surface area contributed by atoms with Crippen LogP contribution in [0.5, 0.6) is 0 Å². The Kier molecular flexibility index (Phi) is 6.49. The standard InChI is InChI=1S/C17H33N3O/c1-3-10-20-11-8-14(9-12-20)13(2)19-16-6-4-15(5-7-16)17(18)21/h13-16,19H,3-12H2,1-2H3,(H2,18,21). The summed E-state index contributed by atoms with van der Waals surface area (Å²) in [6, 6.07) is 1.19. The van der Waals surface area contributed by atoms with Crippen molar-refractivity contribution >= 4 is 5.91 Å². The van der Waals surface area contributed by atoms with Gasteiger partial charge in [0.15, 0.2) is 0 Å². The highest BCUT2D eigenvalue weighted by Crippen LogP contribution is 2.26. The summed E-state index contributed by atoms with van der Waals surface area (Å²) in [5, 5.41) is 3.82. The quantitative estimate of drug-likeness (QED) is 0.789. The van der Waals surface area contributed by atoms with Crippen molar-refractivity contribution in [2.24, 2.45) is 17.6 Å². The van der Waals surface area contributed by atoms with Crippen molar-refractivity contribution in [1.29, 1.82) is 0 Å². The van der Waals surface area contributed by atoms with Crippen molar-refractivity contribution in [3.8, 4) is 0 Å². The van der Waals surface area contributed by atoms with Crippen molar-refractivity contribution < 1.29 is 4.79 Å². The second kappa shape index (κ2) is 8.14. The van der Waals surface area contributed by atoms with E-state index >= 15 is 0 Å². The van der Waals surface area contributed by atoms with Crippen molar-refractivity contribution in [2.45, 2.75) is 70.9 Å². The number of nitrogens with two attached hydrogens (primary N) is 1. The number of likely N-dealkylation sites (tertiary alicyclic amines) is 1. The maximum Gasteiger partial charge on any atom is 0.220 e. The minimum atomic E-state index is -0.107. The van der Waals surface area contributed by atoms with Crippen molar-refractivity contribution in [3.63, 3.8) is 0 Å². The lowest BCUT2D eigenvalue weighted by atomic mass is 9.84. The van der Waals surface area contributed by atoms with Crippen LogP contribution in [0.3, 0.4) is 0 Å². The minimum absolute atomic E-state index is 0.107. The van der Waals surface area contributed by atoms with Gasteiger partial charge in [-0.05, 0) is 77.4 Å². The number of nitrogens with one attached hydrogen (secondary N) is 1. The molecule has 1 aliphatic heterocycles. The van der Waals surface area contributed by atoms with Crippen molar-refractivity contribution in [2.75, 3.05) is 19.6 Å². The van der Waals surface area contributed by atoms with Crippen molar-refractivity contribution in [1.82, 2.24) is 10.2 Å². The Bertz CT molecular complexity index is 318. The van der Waals surface area contributed by atoms with Crippen LogP contribution >= 0.6 is 0 Å². The van der Waals surface area contributed by atoms with E-state index in [1.807, 2.05) is 0 Å². The zero-order valence-corrected chi connectivity index (χ0v) is 13.8. The van der Waals surface area contributed by atoms with Gasteiger partial charge in [-0.1, -0.05) is 6.92 Å². The first-order chi connectivity index (χ1) is 10.1. The molecule has 1 saturated heterocycles. The van der Waals surface area contributed by atoms with Crippen LogP contribution in [0.25, 0.3) is 0 Å². The molecule has 0 radical (unpaired) electrons. The fourth-order valence-corrected chi connectivity index (χ4v) is 4.05. The van der Waals surface area contributed by atoms with Gasteiger partial charge in [-0.15, -0.1) is 0 Å². The van der Waals surface area contributed by atoms with E-state index in [-0.39, 0.29) is 11.8 Å². The number of piperidine rings is 1. The van der Waals surface area contributed by atoms with Gasteiger partial charge in [0.2, 0.25) is 5.91 Å². The van der Waals surface area contributed by atoms with Gasteiger partial charge in [0.05, 0.1) is 0 Å². The third-order valence-corrected chi connectivity index (χ3v) is 5.51. The van der Waals surface area contributed by atoms with E-state index in [0.29, 0.717) is 12.1 Å². The maximum absolute atomic E-state index is 11.2. The molecule has 2 rings (SSSR count). The monoisotopic (exact) mass is 295 g/mol. The number of primary amides is 1. The van der Waals surface area contributed by atoms with E-state index < -0.39 is 0 Å².